The molecule has 3 aromatic carbocycles. The normalized spacial score (nSPS) is 13.4. The number of aryl methyl sites for hydroxylation is 1. The minimum atomic E-state index is 0.0247. The Morgan fingerprint density at radius 2 is 1.78 bits per heavy atom. The second-order valence-electron chi connectivity index (χ2n) is 8.13. The third-order valence-electron chi connectivity index (χ3n) is 5.89. The van der Waals surface area contributed by atoms with E-state index in [4.69, 9.17) is 4.74 Å². The summed E-state index contributed by atoms with van der Waals surface area (Å²) in [6.07, 6.45) is 4.45. The van der Waals surface area contributed by atoms with Gasteiger partial charge in [-0.2, -0.15) is 5.10 Å². The van der Waals surface area contributed by atoms with Gasteiger partial charge in [0.05, 0.1) is 17.8 Å². The van der Waals surface area contributed by atoms with Gasteiger partial charge in [0.25, 0.3) is 5.91 Å². The molecule has 0 saturated carbocycles. The first-order valence-electron chi connectivity index (χ1n) is 10.9. The quantitative estimate of drug-likeness (QED) is 0.463. The van der Waals surface area contributed by atoms with Gasteiger partial charge in [-0.1, -0.05) is 42.5 Å². The summed E-state index contributed by atoms with van der Waals surface area (Å²) < 4.78 is 7.80. The fraction of sp³-hybridized carbons (Fsp3) is 0.185. The highest BCUT2D eigenvalue weighted by atomic mass is 16.5. The molecule has 0 spiro atoms. The van der Waals surface area contributed by atoms with E-state index in [2.05, 4.69) is 36.3 Å². The Morgan fingerprint density at radius 3 is 2.53 bits per heavy atom. The molecule has 32 heavy (non-hydrogen) atoms. The SMILES string of the molecule is Cc1cc2c(cc1Cc1ccc(-n3cccn3)cc1)C(=O)N(Cc1ccccc1)CCO2. The fourth-order valence-electron chi connectivity index (χ4n) is 4.10. The lowest BCUT2D eigenvalue weighted by Gasteiger charge is -2.20. The third kappa shape index (κ3) is 4.14. The molecule has 2 heterocycles. The number of ether oxygens (including phenoxy) is 1. The van der Waals surface area contributed by atoms with Crippen LogP contribution in [-0.2, 0) is 13.0 Å². The minimum absolute atomic E-state index is 0.0247. The van der Waals surface area contributed by atoms with Crippen LogP contribution >= 0.6 is 0 Å². The van der Waals surface area contributed by atoms with Crippen LogP contribution in [0.15, 0.2) is 85.2 Å². The molecule has 0 saturated heterocycles. The van der Waals surface area contributed by atoms with Crippen LogP contribution in [0.2, 0.25) is 0 Å². The predicted molar refractivity (Wildman–Crippen MR) is 124 cm³/mol. The van der Waals surface area contributed by atoms with E-state index in [1.54, 1.807) is 6.20 Å². The zero-order chi connectivity index (χ0) is 21.9. The standard InChI is InChI=1S/C27H25N3O2/c1-20-16-26-25(27(31)29(14-15-32-26)19-22-6-3-2-4-7-22)18-23(20)17-21-8-10-24(11-9-21)30-13-5-12-28-30/h2-13,16,18H,14-15,17,19H2,1H3. The molecule has 1 amide bonds. The van der Waals surface area contributed by atoms with Crippen molar-refractivity contribution in [2.75, 3.05) is 13.2 Å². The van der Waals surface area contributed by atoms with Gasteiger partial charge in [0.1, 0.15) is 12.4 Å². The first kappa shape index (κ1) is 20.1. The number of amides is 1. The molecule has 1 aliphatic rings. The van der Waals surface area contributed by atoms with Crippen molar-refractivity contribution in [1.29, 1.82) is 0 Å². The van der Waals surface area contributed by atoms with Crippen LogP contribution in [0.4, 0.5) is 0 Å². The van der Waals surface area contributed by atoms with Crippen LogP contribution in [0.5, 0.6) is 5.75 Å². The summed E-state index contributed by atoms with van der Waals surface area (Å²) >= 11 is 0. The molecule has 0 N–H and O–H groups in total. The molecule has 5 rings (SSSR count). The minimum Gasteiger partial charge on any atom is -0.491 e. The first-order valence-corrected chi connectivity index (χ1v) is 10.9. The Kier molecular flexibility index (Phi) is 5.46. The van der Waals surface area contributed by atoms with Crippen LogP contribution in [0.1, 0.15) is 32.6 Å². The Hall–Kier alpha value is -3.86. The average Bonchev–Trinajstić information content (AvgIpc) is 3.31. The van der Waals surface area contributed by atoms with Crippen molar-refractivity contribution in [2.45, 2.75) is 19.9 Å². The number of aromatic nitrogens is 2. The van der Waals surface area contributed by atoms with Crippen LogP contribution < -0.4 is 4.74 Å². The Morgan fingerprint density at radius 1 is 0.969 bits per heavy atom. The Labute approximate surface area is 187 Å². The fourth-order valence-corrected chi connectivity index (χ4v) is 4.10. The zero-order valence-electron chi connectivity index (χ0n) is 18.1. The molecular weight excluding hydrogens is 398 g/mol. The maximum atomic E-state index is 13.4. The predicted octanol–water partition coefficient (Wildman–Crippen LogP) is 4.81. The third-order valence-corrected chi connectivity index (χ3v) is 5.89. The monoisotopic (exact) mass is 423 g/mol. The van der Waals surface area contributed by atoms with Crippen molar-refractivity contribution in [1.82, 2.24) is 14.7 Å². The number of hydrogen-bond acceptors (Lipinski definition) is 3. The summed E-state index contributed by atoms with van der Waals surface area (Å²) in [5, 5.41) is 4.28. The lowest BCUT2D eigenvalue weighted by molar-refractivity contribution is 0.0743. The second kappa shape index (κ2) is 8.71. The van der Waals surface area contributed by atoms with E-state index in [0.717, 1.165) is 28.8 Å². The van der Waals surface area contributed by atoms with E-state index < -0.39 is 0 Å². The molecule has 0 radical (unpaired) electrons. The van der Waals surface area contributed by atoms with Crippen LogP contribution in [0.25, 0.3) is 5.69 Å². The van der Waals surface area contributed by atoms with Crippen LogP contribution in [-0.4, -0.2) is 33.7 Å². The number of benzene rings is 3. The number of hydrogen-bond donors (Lipinski definition) is 0. The molecule has 0 bridgehead atoms. The van der Waals surface area contributed by atoms with Gasteiger partial charge in [-0.05, 0) is 65.9 Å². The van der Waals surface area contributed by atoms with E-state index in [9.17, 15) is 4.79 Å². The van der Waals surface area contributed by atoms with Crippen molar-refractivity contribution < 1.29 is 9.53 Å². The summed E-state index contributed by atoms with van der Waals surface area (Å²) in [7, 11) is 0. The van der Waals surface area contributed by atoms with Gasteiger partial charge in [-0.15, -0.1) is 0 Å². The van der Waals surface area contributed by atoms with Gasteiger partial charge in [0, 0.05) is 18.9 Å². The Bertz CT molecular complexity index is 1220. The number of rotatable bonds is 5. The van der Waals surface area contributed by atoms with E-state index in [1.807, 2.05) is 64.3 Å². The van der Waals surface area contributed by atoms with Gasteiger partial charge in [-0.25, -0.2) is 4.68 Å². The van der Waals surface area contributed by atoms with E-state index in [-0.39, 0.29) is 5.91 Å². The molecular formula is C27H25N3O2. The number of nitrogens with zero attached hydrogens (tertiary/aromatic N) is 3. The second-order valence-corrected chi connectivity index (χ2v) is 8.13. The highest BCUT2D eigenvalue weighted by molar-refractivity contribution is 5.97. The largest absolute Gasteiger partial charge is 0.491 e. The van der Waals surface area contributed by atoms with Crippen molar-refractivity contribution in [3.05, 3.63) is 113 Å². The average molecular weight is 424 g/mol. The summed E-state index contributed by atoms with van der Waals surface area (Å²) in [5.74, 6) is 0.706. The molecule has 5 heteroatoms. The van der Waals surface area contributed by atoms with Crippen molar-refractivity contribution >= 4 is 5.91 Å². The van der Waals surface area contributed by atoms with Crippen molar-refractivity contribution in [3.8, 4) is 11.4 Å². The summed E-state index contributed by atoms with van der Waals surface area (Å²) in [4.78, 5) is 15.2. The molecule has 1 aliphatic heterocycles. The zero-order valence-corrected chi connectivity index (χ0v) is 18.1. The molecule has 1 aromatic heterocycles. The molecule has 0 fully saturated rings. The molecule has 0 aliphatic carbocycles. The first-order chi connectivity index (χ1) is 15.7. The van der Waals surface area contributed by atoms with Gasteiger partial charge < -0.3 is 9.64 Å². The summed E-state index contributed by atoms with van der Waals surface area (Å²) in [5.41, 5.74) is 6.24. The lowest BCUT2D eigenvalue weighted by atomic mass is 9.97. The van der Waals surface area contributed by atoms with Crippen molar-refractivity contribution in [3.63, 3.8) is 0 Å². The Balaban J connectivity index is 1.39. The molecule has 4 aromatic rings. The van der Waals surface area contributed by atoms with Crippen molar-refractivity contribution in [2.24, 2.45) is 0 Å². The lowest BCUT2D eigenvalue weighted by Crippen LogP contribution is -2.31. The van der Waals surface area contributed by atoms with Gasteiger partial charge >= 0.3 is 0 Å². The van der Waals surface area contributed by atoms with E-state index >= 15 is 0 Å². The van der Waals surface area contributed by atoms with Gasteiger partial charge in [0.15, 0.2) is 0 Å². The number of fused-ring (bicyclic) bond motifs is 1. The van der Waals surface area contributed by atoms with Crippen LogP contribution in [0, 0.1) is 6.92 Å². The molecule has 0 unspecified atom stereocenters. The van der Waals surface area contributed by atoms with E-state index in [0.29, 0.717) is 31.0 Å². The molecule has 0 atom stereocenters. The highest BCUT2D eigenvalue weighted by Crippen LogP contribution is 2.29. The topological polar surface area (TPSA) is 47.4 Å². The maximum Gasteiger partial charge on any atom is 0.258 e. The maximum absolute atomic E-state index is 13.4. The van der Waals surface area contributed by atoms with Crippen LogP contribution in [0.3, 0.4) is 0 Å². The smallest absolute Gasteiger partial charge is 0.258 e. The van der Waals surface area contributed by atoms with Gasteiger partial charge in [-0.3, -0.25) is 4.79 Å². The van der Waals surface area contributed by atoms with Gasteiger partial charge in [0.2, 0.25) is 0 Å². The molecule has 160 valence electrons. The summed E-state index contributed by atoms with van der Waals surface area (Å²) in [6, 6.07) is 24.4. The van der Waals surface area contributed by atoms with E-state index in [1.165, 1.54) is 5.56 Å². The highest BCUT2D eigenvalue weighted by Gasteiger charge is 2.25. The molecule has 5 nitrogen and oxygen atoms in total. The number of carbonyl (C=O) groups excluding carboxylic acids is 1. The number of carbonyl (C=O) groups is 1. The summed E-state index contributed by atoms with van der Waals surface area (Å²) in [6.45, 7) is 3.74.